The lowest BCUT2D eigenvalue weighted by Gasteiger charge is -2.11. The maximum Gasteiger partial charge on any atom is 0.339 e. The number of rotatable bonds is 5. The first kappa shape index (κ1) is 23.5. The fourth-order valence-corrected chi connectivity index (χ4v) is 4.15. The molecule has 4 rings (SSSR count). The molecule has 0 saturated carbocycles. The van der Waals surface area contributed by atoms with Crippen LogP contribution >= 0.6 is 50.7 Å². The van der Waals surface area contributed by atoms with Crippen molar-refractivity contribution in [2.75, 3.05) is 11.9 Å². The van der Waals surface area contributed by atoms with Gasteiger partial charge < -0.3 is 10.1 Å². The number of ether oxygens (including phenoxy) is 1. The van der Waals surface area contributed by atoms with E-state index in [2.05, 4.69) is 26.2 Å². The second kappa shape index (κ2) is 10.1. The third-order valence-electron chi connectivity index (χ3n) is 4.67. The highest BCUT2D eigenvalue weighted by Crippen LogP contribution is 2.32. The molecule has 0 bridgehead atoms. The Bertz CT molecular complexity index is 1400. The molecule has 0 aliphatic carbocycles. The summed E-state index contributed by atoms with van der Waals surface area (Å²) in [5.41, 5.74) is 2.63. The SMILES string of the molecule is O=C(COC(=O)c1cc(-c2cccc(Br)c2)nc2ccccc12)Nc1cc(Cl)c(Cl)cc1Cl. The molecule has 0 aliphatic heterocycles. The zero-order chi connectivity index (χ0) is 23.5. The summed E-state index contributed by atoms with van der Waals surface area (Å²) in [6.45, 7) is -0.516. The molecule has 9 heteroatoms. The van der Waals surface area contributed by atoms with E-state index in [1.807, 2.05) is 36.4 Å². The van der Waals surface area contributed by atoms with Crippen molar-refractivity contribution in [2.45, 2.75) is 0 Å². The third-order valence-corrected chi connectivity index (χ3v) is 6.20. The first-order chi connectivity index (χ1) is 15.8. The first-order valence-electron chi connectivity index (χ1n) is 9.59. The van der Waals surface area contributed by atoms with Gasteiger partial charge in [-0.1, -0.05) is 81.1 Å². The average Bonchev–Trinajstić information content (AvgIpc) is 2.80. The molecule has 0 saturated heterocycles. The number of esters is 1. The number of anilines is 1. The molecule has 0 fully saturated rings. The van der Waals surface area contributed by atoms with Crippen molar-refractivity contribution in [2.24, 2.45) is 0 Å². The topological polar surface area (TPSA) is 68.3 Å². The lowest BCUT2D eigenvalue weighted by molar-refractivity contribution is -0.119. The number of fused-ring (bicyclic) bond motifs is 1. The van der Waals surface area contributed by atoms with Crippen molar-refractivity contribution in [3.05, 3.63) is 91.8 Å². The monoisotopic (exact) mass is 562 g/mol. The predicted octanol–water partition coefficient (Wildman–Crippen LogP) is 7.42. The molecule has 1 N–H and O–H groups in total. The fraction of sp³-hybridized carbons (Fsp3) is 0.0417. The number of nitrogens with one attached hydrogen (secondary N) is 1. The molecule has 3 aromatic carbocycles. The van der Waals surface area contributed by atoms with E-state index in [1.54, 1.807) is 18.2 Å². The van der Waals surface area contributed by atoms with Crippen molar-refractivity contribution < 1.29 is 14.3 Å². The Kier molecular flexibility index (Phi) is 7.20. The average molecular weight is 565 g/mol. The van der Waals surface area contributed by atoms with Crippen LogP contribution < -0.4 is 5.32 Å². The van der Waals surface area contributed by atoms with E-state index in [9.17, 15) is 9.59 Å². The normalized spacial score (nSPS) is 10.8. The first-order valence-corrected chi connectivity index (χ1v) is 11.5. The minimum absolute atomic E-state index is 0.211. The standard InChI is InChI=1S/C24H14BrCl3N2O3/c25-14-5-3-4-13(8-14)21-9-16(15-6-1-2-7-20(15)29-21)24(32)33-12-23(31)30-22-11-18(27)17(26)10-19(22)28/h1-11H,12H2,(H,30,31). The van der Waals surface area contributed by atoms with Crippen molar-refractivity contribution in [1.82, 2.24) is 4.98 Å². The van der Waals surface area contributed by atoms with Crippen LogP contribution in [0.5, 0.6) is 0 Å². The highest BCUT2D eigenvalue weighted by Gasteiger charge is 2.17. The number of benzene rings is 3. The summed E-state index contributed by atoms with van der Waals surface area (Å²) >= 11 is 21.4. The van der Waals surface area contributed by atoms with Gasteiger partial charge >= 0.3 is 5.97 Å². The summed E-state index contributed by atoms with van der Waals surface area (Å²) in [7, 11) is 0. The largest absolute Gasteiger partial charge is 0.452 e. The van der Waals surface area contributed by atoms with Gasteiger partial charge in [0.25, 0.3) is 5.91 Å². The summed E-state index contributed by atoms with van der Waals surface area (Å²) in [6, 6.07) is 19.3. The Hall–Kier alpha value is -2.64. The summed E-state index contributed by atoms with van der Waals surface area (Å²) in [5, 5.41) is 3.88. The number of pyridine rings is 1. The van der Waals surface area contributed by atoms with Gasteiger partial charge in [0.2, 0.25) is 0 Å². The van der Waals surface area contributed by atoms with Crippen LogP contribution in [-0.4, -0.2) is 23.5 Å². The number of carbonyl (C=O) groups is 2. The van der Waals surface area contributed by atoms with E-state index in [0.717, 1.165) is 10.0 Å². The molecule has 0 aliphatic rings. The molecular weight excluding hydrogens is 551 g/mol. The van der Waals surface area contributed by atoms with Crippen LogP contribution in [0.2, 0.25) is 15.1 Å². The summed E-state index contributed by atoms with van der Waals surface area (Å²) in [6.07, 6.45) is 0. The second-order valence-electron chi connectivity index (χ2n) is 6.95. The fourth-order valence-electron chi connectivity index (χ4n) is 3.15. The van der Waals surface area contributed by atoms with Crippen molar-refractivity contribution in [3.8, 4) is 11.3 Å². The van der Waals surface area contributed by atoms with Gasteiger partial charge in [0.05, 0.1) is 37.5 Å². The van der Waals surface area contributed by atoms with E-state index < -0.39 is 18.5 Å². The smallest absolute Gasteiger partial charge is 0.339 e. The maximum absolute atomic E-state index is 12.9. The zero-order valence-corrected chi connectivity index (χ0v) is 20.6. The number of aromatic nitrogens is 1. The number of carbonyl (C=O) groups excluding carboxylic acids is 2. The quantitative estimate of drug-likeness (QED) is 0.202. The van der Waals surface area contributed by atoms with Crippen LogP contribution in [0.1, 0.15) is 10.4 Å². The molecule has 0 unspecified atom stereocenters. The van der Waals surface area contributed by atoms with Gasteiger partial charge in [-0.2, -0.15) is 0 Å². The van der Waals surface area contributed by atoms with Gasteiger partial charge in [-0.15, -0.1) is 0 Å². The Morgan fingerprint density at radius 2 is 1.67 bits per heavy atom. The number of hydrogen-bond donors (Lipinski definition) is 1. The molecular formula is C24H14BrCl3N2O3. The molecule has 33 heavy (non-hydrogen) atoms. The van der Waals surface area contributed by atoms with E-state index in [0.29, 0.717) is 22.2 Å². The van der Waals surface area contributed by atoms with Crippen LogP contribution in [0, 0.1) is 0 Å². The Morgan fingerprint density at radius 3 is 2.45 bits per heavy atom. The van der Waals surface area contributed by atoms with Gasteiger partial charge in [0.15, 0.2) is 6.61 Å². The van der Waals surface area contributed by atoms with Crippen LogP contribution in [0.3, 0.4) is 0 Å². The molecule has 1 amide bonds. The minimum Gasteiger partial charge on any atom is -0.452 e. The number of hydrogen-bond acceptors (Lipinski definition) is 4. The summed E-state index contributed by atoms with van der Waals surface area (Å²) < 4.78 is 6.17. The van der Waals surface area contributed by atoms with Crippen LogP contribution in [-0.2, 0) is 9.53 Å². The highest BCUT2D eigenvalue weighted by atomic mass is 79.9. The van der Waals surface area contributed by atoms with Crippen molar-refractivity contribution in [1.29, 1.82) is 0 Å². The van der Waals surface area contributed by atoms with Gasteiger partial charge in [-0.25, -0.2) is 9.78 Å². The highest BCUT2D eigenvalue weighted by molar-refractivity contribution is 9.10. The Morgan fingerprint density at radius 1 is 0.909 bits per heavy atom. The molecule has 1 heterocycles. The van der Waals surface area contributed by atoms with Crippen LogP contribution in [0.4, 0.5) is 5.69 Å². The van der Waals surface area contributed by atoms with E-state index in [1.165, 1.54) is 12.1 Å². The summed E-state index contributed by atoms with van der Waals surface area (Å²) in [4.78, 5) is 29.9. The second-order valence-corrected chi connectivity index (χ2v) is 9.09. The molecule has 0 spiro atoms. The number of halogens is 4. The molecule has 4 aromatic rings. The van der Waals surface area contributed by atoms with Crippen LogP contribution in [0.25, 0.3) is 22.2 Å². The molecule has 5 nitrogen and oxygen atoms in total. The van der Waals surface area contributed by atoms with Gasteiger partial charge in [0, 0.05) is 15.4 Å². The van der Waals surface area contributed by atoms with Crippen molar-refractivity contribution >= 4 is 79.2 Å². The number of nitrogens with zero attached hydrogens (tertiary/aromatic N) is 1. The van der Waals surface area contributed by atoms with Gasteiger partial charge in [0.1, 0.15) is 0 Å². The zero-order valence-electron chi connectivity index (χ0n) is 16.7. The molecule has 0 radical (unpaired) electrons. The van der Waals surface area contributed by atoms with Gasteiger partial charge in [-0.05, 0) is 36.4 Å². The van der Waals surface area contributed by atoms with E-state index in [-0.39, 0.29) is 20.8 Å². The third kappa shape index (κ3) is 5.47. The Balaban J connectivity index is 1.56. The molecule has 166 valence electrons. The number of para-hydroxylation sites is 1. The molecule has 1 aromatic heterocycles. The molecule has 0 atom stereocenters. The lowest BCUT2D eigenvalue weighted by Crippen LogP contribution is -2.21. The Labute approximate surface area is 212 Å². The van der Waals surface area contributed by atoms with E-state index in [4.69, 9.17) is 39.5 Å². The van der Waals surface area contributed by atoms with Crippen molar-refractivity contribution in [3.63, 3.8) is 0 Å². The number of amides is 1. The lowest BCUT2D eigenvalue weighted by atomic mass is 10.0. The van der Waals surface area contributed by atoms with E-state index >= 15 is 0 Å². The van der Waals surface area contributed by atoms with Gasteiger partial charge in [-0.3, -0.25) is 4.79 Å². The summed E-state index contributed by atoms with van der Waals surface area (Å²) in [5.74, 6) is -1.23. The minimum atomic E-state index is -0.653. The predicted molar refractivity (Wildman–Crippen MR) is 135 cm³/mol. The maximum atomic E-state index is 12.9. The van der Waals surface area contributed by atoms with Crippen LogP contribution in [0.15, 0.2) is 71.2 Å².